The Morgan fingerprint density at radius 3 is 2.24 bits per heavy atom. The van der Waals surface area contributed by atoms with Crippen molar-refractivity contribution in [2.24, 2.45) is 5.92 Å². The Labute approximate surface area is 236 Å². The molecular formula is C27H29BrClN3O3S2. The van der Waals surface area contributed by atoms with Gasteiger partial charge in [-0.2, -0.15) is 4.31 Å². The lowest BCUT2D eigenvalue weighted by Crippen LogP contribution is -2.53. The zero-order chi connectivity index (χ0) is 26.0. The van der Waals surface area contributed by atoms with E-state index in [4.69, 9.17) is 11.6 Å². The van der Waals surface area contributed by atoms with Crippen LogP contribution in [-0.4, -0.2) is 67.7 Å². The van der Waals surface area contributed by atoms with Gasteiger partial charge in [0.2, 0.25) is 5.91 Å². The summed E-state index contributed by atoms with van der Waals surface area (Å²) in [6, 6.07) is 21.8. The second-order valence-corrected chi connectivity index (χ2v) is 14.6. The molecule has 2 aliphatic heterocycles. The van der Waals surface area contributed by atoms with Crippen molar-refractivity contribution >= 4 is 54.8 Å². The first-order valence-electron chi connectivity index (χ1n) is 12.4. The summed E-state index contributed by atoms with van der Waals surface area (Å²) >= 11 is 10.7. The highest BCUT2D eigenvalue weighted by Crippen LogP contribution is 2.33. The molecule has 0 saturated carbocycles. The fourth-order valence-corrected chi connectivity index (χ4v) is 9.09. The van der Waals surface area contributed by atoms with Crippen LogP contribution >= 0.6 is 38.9 Å². The van der Waals surface area contributed by atoms with Gasteiger partial charge in [0.1, 0.15) is 4.21 Å². The molecule has 37 heavy (non-hydrogen) atoms. The molecule has 0 radical (unpaired) electrons. The average Bonchev–Trinajstić information content (AvgIpc) is 3.38. The highest BCUT2D eigenvalue weighted by molar-refractivity contribution is 9.11. The Hall–Kier alpha value is -1.75. The molecule has 2 saturated heterocycles. The van der Waals surface area contributed by atoms with Crippen LogP contribution in [0.25, 0.3) is 0 Å². The summed E-state index contributed by atoms with van der Waals surface area (Å²) in [4.78, 5) is 17.8. The van der Waals surface area contributed by atoms with E-state index < -0.39 is 10.0 Å². The number of sulfonamides is 1. The maximum atomic E-state index is 13.5. The molecule has 0 spiro atoms. The fraction of sp³-hybridized carbons (Fsp3) is 0.370. The molecule has 2 aromatic carbocycles. The van der Waals surface area contributed by atoms with Gasteiger partial charge in [0, 0.05) is 44.3 Å². The van der Waals surface area contributed by atoms with Gasteiger partial charge in [0.25, 0.3) is 10.0 Å². The topological polar surface area (TPSA) is 60.9 Å². The average molecular weight is 623 g/mol. The summed E-state index contributed by atoms with van der Waals surface area (Å²) in [7, 11) is -3.59. The van der Waals surface area contributed by atoms with Crippen LogP contribution in [0.15, 0.2) is 74.7 Å². The number of thiophene rings is 1. The summed E-state index contributed by atoms with van der Waals surface area (Å²) in [5.41, 5.74) is 2.38. The minimum absolute atomic E-state index is 0.0645. The first-order chi connectivity index (χ1) is 17.8. The number of carbonyl (C=O) groups excluding carboxylic acids is 1. The first-order valence-corrected chi connectivity index (χ1v) is 15.8. The molecule has 0 N–H and O–H groups in total. The predicted octanol–water partition coefficient (Wildman–Crippen LogP) is 5.50. The van der Waals surface area contributed by atoms with Gasteiger partial charge >= 0.3 is 0 Å². The lowest BCUT2D eigenvalue weighted by Gasteiger charge is -2.41. The minimum Gasteiger partial charge on any atom is -0.340 e. The van der Waals surface area contributed by atoms with Crippen LogP contribution in [0.3, 0.4) is 0 Å². The Balaban J connectivity index is 1.26. The van der Waals surface area contributed by atoms with Crippen molar-refractivity contribution in [3.05, 3.63) is 86.7 Å². The predicted molar refractivity (Wildman–Crippen MR) is 151 cm³/mol. The first kappa shape index (κ1) is 26.8. The van der Waals surface area contributed by atoms with Gasteiger partial charge in [-0.3, -0.25) is 9.69 Å². The molecule has 1 aromatic heterocycles. The molecule has 6 nitrogen and oxygen atoms in total. The molecule has 0 bridgehead atoms. The summed E-state index contributed by atoms with van der Waals surface area (Å²) in [5, 5.41) is 0.709. The van der Waals surface area contributed by atoms with E-state index in [0.717, 1.165) is 23.3 Å². The van der Waals surface area contributed by atoms with E-state index >= 15 is 0 Å². The van der Waals surface area contributed by atoms with Gasteiger partial charge in [-0.05, 0) is 64.2 Å². The van der Waals surface area contributed by atoms with Crippen LogP contribution in [0.4, 0.5) is 0 Å². The monoisotopic (exact) mass is 621 g/mol. The fourth-order valence-electron chi connectivity index (χ4n) is 5.28. The third-order valence-corrected chi connectivity index (χ3v) is 11.4. The standard InChI is InChI=1S/C27H29BrClN3O3S2/c28-24-12-13-25(36-24)37(34,35)32-14-4-7-22(19-32)27(33)31-17-15-30(16-18-31)26(20-5-2-1-3-6-20)21-8-10-23(29)11-9-21/h1-3,5-6,8-13,22,26H,4,7,14-19H2/t22-,26+/m0/s1. The van der Waals surface area contributed by atoms with Crippen molar-refractivity contribution < 1.29 is 13.2 Å². The number of rotatable bonds is 6. The van der Waals surface area contributed by atoms with Crippen molar-refractivity contribution in [1.82, 2.24) is 14.1 Å². The number of benzene rings is 2. The van der Waals surface area contributed by atoms with Crippen LogP contribution < -0.4 is 0 Å². The third kappa shape index (κ3) is 5.97. The van der Waals surface area contributed by atoms with Gasteiger partial charge in [0.15, 0.2) is 0 Å². The van der Waals surface area contributed by atoms with Gasteiger partial charge in [0.05, 0.1) is 15.7 Å². The smallest absolute Gasteiger partial charge is 0.252 e. The highest BCUT2D eigenvalue weighted by atomic mass is 79.9. The summed E-state index contributed by atoms with van der Waals surface area (Å²) in [6.07, 6.45) is 1.41. The maximum absolute atomic E-state index is 13.5. The summed E-state index contributed by atoms with van der Waals surface area (Å²) in [5.74, 6) is -0.241. The largest absolute Gasteiger partial charge is 0.340 e. The van der Waals surface area contributed by atoms with Crippen molar-refractivity contribution in [3.8, 4) is 0 Å². The number of nitrogens with zero attached hydrogens (tertiary/aromatic N) is 3. The van der Waals surface area contributed by atoms with E-state index in [1.54, 1.807) is 12.1 Å². The zero-order valence-electron chi connectivity index (χ0n) is 20.3. The molecular weight excluding hydrogens is 594 g/mol. The summed E-state index contributed by atoms with van der Waals surface area (Å²) in [6.45, 7) is 3.43. The SMILES string of the molecule is O=C([C@H]1CCCN(S(=O)(=O)c2ccc(Br)s2)C1)N1CCN([C@H](c2ccccc2)c2ccc(Cl)cc2)CC1. The highest BCUT2D eigenvalue weighted by Gasteiger charge is 2.37. The maximum Gasteiger partial charge on any atom is 0.252 e. The summed E-state index contributed by atoms with van der Waals surface area (Å²) < 4.78 is 28.8. The molecule has 0 unspecified atom stereocenters. The van der Waals surface area contributed by atoms with E-state index in [1.807, 2.05) is 23.1 Å². The normalized spacial score (nSPS) is 20.6. The molecule has 1 amide bonds. The van der Waals surface area contributed by atoms with E-state index in [0.29, 0.717) is 35.3 Å². The Bertz CT molecular complexity index is 1330. The van der Waals surface area contributed by atoms with Crippen LogP contribution in [0.2, 0.25) is 5.02 Å². The molecule has 0 aliphatic carbocycles. The number of carbonyl (C=O) groups is 1. The Morgan fingerprint density at radius 1 is 0.919 bits per heavy atom. The third-order valence-electron chi connectivity index (χ3n) is 7.17. The lowest BCUT2D eigenvalue weighted by atomic mass is 9.95. The Kier molecular flexibility index (Phi) is 8.38. The van der Waals surface area contributed by atoms with Crippen molar-refractivity contribution in [2.45, 2.75) is 23.1 Å². The van der Waals surface area contributed by atoms with Crippen LogP contribution in [0.5, 0.6) is 0 Å². The number of amides is 1. The number of piperidine rings is 1. The van der Waals surface area contributed by atoms with Crippen LogP contribution in [-0.2, 0) is 14.8 Å². The molecule has 2 atom stereocenters. The van der Waals surface area contributed by atoms with Gasteiger partial charge < -0.3 is 4.90 Å². The van der Waals surface area contributed by atoms with Crippen molar-refractivity contribution in [2.75, 3.05) is 39.3 Å². The number of hydrogen-bond acceptors (Lipinski definition) is 5. The number of hydrogen-bond donors (Lipinski definition) is 0. The van der Waals surface area contributed by atoms with Gasteiger partial charge in [-0.1, -0.05) is 54.1 Å². The van der Waals surface area contributed by atoms with Crippen LogP contribution in [0.1, 0.15) is 30.0 Å². The van der Waals surface area contributed by atoms with E-state index in [-0.39, 0.29) is 24.4 Å². The molecule has 3 aromatic rings. The molecule has 196 valence electrons. The van der Waals surface area contributed by atoms with Gasteiger partial charge in [-0.15, -0.1) is 11.3 Å². The zero-order valence-corrected chi connectivity index (χ0v) is 24.3. The van der Waals surface area contributed by atoms with Crippen molar-refractivity contribution in [3.63, 3.8) is 0 Å². The number of piperazine rings is 1. The number of halogens is 2. The lowest BCUT2D eigenvalue weighted by molar-refractivity contribution is -0.138. The molecule has 5 rings (SSSR count). The minimum atomic E-state index is -3.59. The molecule has 2 fully saturated rings. The molecule has 2 aliphatic rings. The second-order valence-electron chi connectivity index (χ2n) is 9.49. The van der Waals surface area contributed by atoms with E-state index in [2.05, 4.69) is 57.2 Å². The molecule has 3 heterocycles. The molecule has 10 heteroatoms. The van der Waals surface area contributed by atoms with E-state index in [9.17, 15) is 13.2 Å². The second kappa shape index (κ2) is 11.6. The van der Waals surface area contributed by atoms with E-state index in [1.165, 1.54) is 26.8 Å². The van der Waals surface area contributed by atoms with Crippen molar-refractivity contribution in [1.29, 1.82) is 0 Å². The van der Waals surface area contributed by atoms with Gasteiger partial charge in [-0.25, -0.2) is 8.42 Å². The quantitative estimate of drug-likeness (QED) is 0.365. The Morgan fingerprint density at radius 2 is 1.59 bits per heavy atom. The van der Waals surface area contributed by atoms with Crippen LogP contribution in [0, 0.1) is 5.92 Å².